The van der Waals surface area contributed by atoms with Crippen LogP contribution in [-0.2, 0) is 0 Å². The van der Waals surface area contributed by atoms with Crippen LogP contribution in [0.25, 0.3) is 0 Å². The van der Waals surface area contributed by atoms with Gasteiger partial charge in [-0.05, 0) is 30.5 Å². The van der Waals surface area contributed by atoms with Crippen molar-refractivity contribution in [3.63, 3.8) is 0 Å². The van der Waals surface area contributed by atoms with Gasteiger partial charge in [0.05, 0.1) is 5.56 Å². The highest BCUT2D eigenvalue weighted by Crippen LogP contribution is 2.20. The molecule has 0 aliphatic rings. The summed E-state index contributed by atoms with van der Waals surface area (Å²) in [5, 5.41) is 3.34. The third-order valence-corrected chi connectivity index (χ3v) is 3.20. The Morgan fingerprint density at radius 3 is 2.60 bits per heavy atom. The molecule has 1 rings (SSSR count). The number of benzene rings is 1. The number of hydrogen-bond acceptors (Lipinski definition) is 3. The van der Waals surface area contributed by atoms with Crippen LogP contribution < -0.4 is 11.1 Å². The highest BCUT2D eigenvalue weighted by atomic mass is 16.2. The summed E-state index contributed by atoms with van der Waals surface area (Å²) in [5.74, 6) is 0.739. The van der Waals surface area contributed by atoms with Gasteiger partial charge in [-0.2, -0.15) is 0 Å². The second-order valence-corrected chi connectivity index (χ2v) is 5.82. The molecule has 0 aromatic heterocycles. The Labute approximate surface area is 122 Å². The normalized spacial score (nSPS) is 10.7. The Morgan fingerprint density at radius 1 is 1.30 bits per heavy atom. The summed E-state index contributed by atoms with van der Waals surface area (Å²) in [7, 11) is 3.51. The summed E-state index contributed by atoms with van der Waals surface area (Å²) in [5.41, 5.74) is 7.98. The van der Waals surface area contributed by atoms with E-state index in [4.69, 9.17) is 5.73 Å². The average molecular weight is 277 g/mol. The number of carbonyl (C=O) groups is 1. The van der Waals surface area contributed by atoms with Crippen molar-refractivity contribution in [2.75, 3.05) is 31.7 Å². The van der Waals surface area contributed by atoms with Crippen molar-refractivity contribution in [3.8, 4) is 0 Å². The zero-order valence-electron chi connectivity index (χ0n) is 13.1. The SMILES string of the molecule is CC(C)CCCCNc1cc(N)ccc1C(=O)N(C)C. The second kappa shape index (κ2) is 7.78. The van der Waals surface area contributed by atoms with Crippen LogP contribution >= 0.6 is 0 Å². The lowest BCUT2D eigenvalue weighted by molar-refractivity contribution is 0.0828. The van der Waals surface area contributed by atoms with Crippen LogP contribution in [0.5, 0.6) is 0 Å². The van der Waals surface area contributed by atoms with Crippen molar-refractivity contribution < 1.29 is 4.79 Å². The van der Waals surface area contributed by atoms with Gasteiger partial charge in [-0.1, -0.05) is 26.7 Å². The first-order valence-corrected chi connectivity index (χ1v) is 7.27. The summed E-state index contributed by atoms with van der Waals surface area (Å²) >= 11 is 0. The fourth-order valence-electron chi connectivity index (χ4n) is 2.04. The number of anilines is 2. The smallest absolute Gasteiger partial charge is 0.255 e. The van der Waals surface area contributed by atoms with Crippen molar-refractivity contribution in [1.82, 2.24) is 4.90 Å². The Hall–Kier alpha value is -1.71. The summed E-state index contributed by atoms with van der Waals surface area (Å²) in [4.78, 5) is 13.7. The van der Waals surface area contributed by atoms with Crippen molar-refractivity contribution in [2.45, 2.75) is 33.1 Å². The number of nitrogens with one attached hydrogen (secondary N) is 1. The van der Waals surface area contributed by atoms with Gasteiger partial charge in [0.2, 0.25) is 0 Å². The summed E-state index contributed by atoms with van der Waals surface area (Å²) in [6, 6.07) is 5.38. The molecule has 20 heavy (non-hydrogen) atoms. The van der Waals surface area contributed by atoms with Gasteiger partial charge in [0, 0.05) is 32.0 Å². The van der Waals surface area contributed by atoms with Crippen molar-refractivity contribution in [1.29, 1.82) is 0 Å². The maximum Gasteiger partial charge on any atom is 0.255 e. The first-order chi connectivity index (χ1) is 9.41. The fraction of sp³-hybridized carbons (Fsp3) is 0.562. The molecule has 4 nitrogen and oxygen atoms in total. The predicted octanol–water partition coefficient (Wildman–Crippen LogP) is 3.21. The molecule has 4 heteroatoms. The van der Waals surface area contributed by atoms with E-state index in [-0.39, 0.29) is 5.91 Å². The van der Waals surface area contributed by atoms with E-state index in [1.54, 1.807) is 31.1 Å². The largest absolute Gasteiger partial charge is 0.399 e. The lowest BCUT2D eigenvalue weighted by Gasteiger charge is -2.16. The molecule has 3 N–H and O–H groups in total. The van der Waals surface area contributed by atoms with E-state index in [0.29, 0.717) is 11.3 Å². The zero-order chi connectivity index (χ0) is 15.1. The maximum absolute atomic E-state index is 12.1. The minimum absolute atomic E-state index is 0.00493. The third kappa shape index (κ3) is 5.11. The van der Waals surface area contributed by atoms with Gasteiger partial charge in [-0.15, -0.1) is 0 Å². The van der Waals surface area contributed by atoms with Gasteiger partial charge < -0.3 is 16.0 Å². The lowest BCUT2D eigenvalue weighted by Crippen LogP contribution is -2.23. The van der Waals surface area contributed by atoms with Gasteiger partial charge >= 0.3 is 0 Å². The maximum atomic E-state index is 12.1. The van der Waals surface area contributed by atoms with E-state index >= 15 is 0 Å². The van der Waals surface area contributed by atoms with Gasteiger partial charge in [-0.25, -0.2) is 0 Å². The van der Waals surface area contributed by atoms with Crippen LogP contribution in [0.3, 0.4) is 0 Å². The van der Waals surface area contributed by atoms with E-state index in [2.05, 4.69) is 19.2 Å². The van der Waals surface area contributed by atoms with E-state index in [1.165, 1.54) is 12.8 Å². The molecule has 0 atom stereocenters. The topological polar surface area (TPSA) is 58.4 Å². The Kier molecular flexibility index (Phi) is 6.36. The molecule has 0 aliphatic carbocycles. The van der Waals surface area contributed by atoms with Crippen molar-refractivity contribution in [2.24, 2.45) is 5.92 Å². The lowest BCUT2D eigenvalue weighted by atomic mass is 10.1. The van der Waals surface area contributed by atoms with E-state index < -0.39 is 0 Å². The first-order valence-electron chi connectivity index (χ1n) is 7.27. The number of amides is 1. The molecule has 0 aliphatic heterocycles. The van der Waals surface area contributed by atoms with E-state index in [1.807, 2.05) is 6.07 Å². The van der Waals surface area contributed by atoms with E-state index in [9.17, 15) is 4.79 Å². The highest BCUT2D eigenvalue weighted by molar-refractivity contribution is 5.99. The van der Waals surface area contributed by atoms with Gasteiger partial charge in [0.15, 0.2) is 0 Å². The molecule has 0 spiro atoms. The predicted molar refractivity (Wildman–Crippen MR) is 86.1 cm³/mol. The minimum Gasteiger partial charge on any atom is -0.399 e. The molecule has 0 heterocycles. The number of hydrogen-bond donors (Lipinski definition) is 2. The number of unbranched alkanes of at least 4 members (excludes halogenated alkanes) is 1. The molecule has 1 amide bonds. The summed E-state index contributed by atoms with van der Waals surface area (Å²) < 4.78 is 0. The molecule has 1 aromatic carbocycles. The van der Waals surface area contributed by atoms with Gasteiger partial charge in [-0.3, -0.25) is 4.79 Å². The van der Waals surface area contributed by atoms with Crippen LogP contribution in [0.4, 0.5) is 11.4 Å². The molecule has 0 bridgehead atoms. The van der Waals surface area contributed by atoms with Crippen LogP contribution in [0.2, 0.25) is 0 Å². The number of rotatable bonds is 7. The molecule has 0 radical (unpaired) electrons. The second-order valence-electron chi connectivity index (χ2n) is 5.82. The number of nitrogen functional groups attached to an aromatic ring is 1. The fourth-order valence-corrected chi connectivity index (χ4v) is 2.04. The molecule has 0 fully saturated rings. The van der Waals surface area contributed by atoms with Gasteiger partial charge in [0.1, 0.15) is 0 Å². The highest BCUT2D eigenvalue weighted by Gasteiger charge is 2.13. The Bertz CT molecular complexity index is 441. The number of nitrogens with zero attached hydrogens (tertiary/aromatic N) is 1. The number of nitrogens with two attached hydrogens (primary N) is 1. The Morgan fingerprint density at radius 2 is 2.00 bits per heavy atom. The van der Waals surface area contributed by atoms with Crippen LogP contribution in [0, 0.1) is 5.92 Å². The van der Waals surface area contributed by atoms with Crippen LogP contribution in [-0.4, -0.2) is 31.4 Å². The molecule has 0 saturated heterocycles. The molecule has 1 aromatic rings. The third-order valence-electron chi connectivity index (χ3n) is 3.20. The van der Waals surface area contributed by atoms with Crippen LogP contribution in [0.15, 0.2) is 18.2 Å². The number of carbonyl (C=O) groups excluding carboxylic acids is 1. The monoisotopic (exact) mass is 277 g/mol. The Balaban J connectivity index is 2.63. The van der Waals surface area contributed by atoms with Crippen molar-refractivity contribution >= 4 is 17.3 Å². The molecule has 0 saturated carbocycles. The minimum atomic E-state index is -0.00493. The average Bonchev–Trinajstić information content (AvgIpc) is 2.37. The summed E-state index contributed by atoms with van der Waals surface area (Å²) in [6.07, 6.45) is 3.54. The molecular formula is C16H27N3O. The first kappa shape index (κ1) is 16.3. The van der Waals surface area contributed by atoms with E-state index in [0.717, 1.165) is 24.6 Å². The quantitative estimate of drug-likeness (QED) is 0.594. The summed E-state index contributed by atoms with van der Waals surface area (Å²) in [6.45, 7) is 5.34. The molecular weight excluding hydrogens is 250 g/mol. The molecule has 112 valence electrons. The van der Waals surface area contributed by atoms with Crippen molar-refractivity contribution in [3.05, 3.63) is 23.8 Å². The standard InChI is InChI=1S/C16H27N3O/c1-12(2)7-5-6-10-18-15-11-13(17)8-9-14(15)16(20)19(3)4/h8-9,11-12,18H,5-7,10,17H2,1-4H3. The zero-order valence-corrected chi connectivity index (χ0v) is 13.1. The van der Waals surface area contributed by atoms with Crippen LogP contribution in [0.1, 0.15) is 43.5 Å². The molecule has 0 unspecified atom stereocenters. The van der Waals surface area contributed by atoms with Gasteiger partial charge in [0.25, 0.3) is 5.91 Å².